The van der Waals surface area contributed by atoms with E-state index in [1.807, 2.05) is 20.0 Å². The average Bonchev–Trinajstić information content (AvgIpc) is 3.10. The van der Waals surface area contributed by atoms with Crippen LogP contribution in [0.3, 0.4) is 0 Å². The van der Waals surface area contributed by atoms with Crippen LogP contribution in [-0.4, -0.2) is 28.1 Å². The Balaban J connectivity index is 1.98. The Hall–Kier alpha value is -1.88. The molecule has 1 aliphatic carbocycles. The number of aryl methyl sites for hydroxylation is 2. The number of nitrogens with zero attached hydrogens (tertiary/aromatic N) is 1. The summed E-state index contributed by atoms with van der Waals surface area (Å²) in [6.45, 7) is 4.67. The number of aromatic amines is 1. The molecule has 0 unspecified atom stereocenters. The first-order valence-corrected chi connectivity index (χ1v) is 9.02. The van der Waals surface area contributed by atoms with E-state index < -0.39 is 0 Å². The zero-order chi connectivity index (χ0) is 17.3. The summed E-state index contributed by atoms with van der Waals surface area (Å²) in [6, 6.07) is 6.63. The van der Waals surface area contributed by atoms with Crippen molar-refractivity contribution in [2.75, 3.05) is 7.05 Å². The largest absolute Gasteiger partial charge is 0.366 e. The number of hydrogen-bond acceptors (Lipinski definition) is 2. The Kier molecular flexibility index (Phi) is 4.90. The molecule has 3 rings (SSSR count). The lowest BCUT2D eigenvalue weighted by Gasteiger charge is -2.31. The fourth-order valence-electron chi connectivity index (χ4n) is 3.60. The molecule has 4 nitrogen and oxygen atoms in total. The Labute approximate surface area is 148 Å². The van der Waals surface area contributed by atoms with Crippen molar-refractivity contribution in [1.29, 1.82) is 0 Å². The van der Waals surface area contributed by atoms with Gasteiger partial charge in [-0.3, -0.25) is 4.79 Å². The van der Waals surface area contributed by atoms with E-state index in [0.717, 1.165) is 40.0 Å². The molecule has 5 heteroatoms. The highest BCUT2D eigenvalue weighted by Gasteiger charge is 2.25. The van der Waals surface area contributed by atoms with Crippen molar-refractivity contribution < 1.29 is 0 Å². The van der Waals surface area contributed by atoms with E-state index in [-0.39, 0.29) is 5.56 Å². The van der Waals surface area contributed by atoms with Gasteiger partial charge < -0.3 is 15.2 Å². The van der Waals surface area contributed by atoms with Crippen molar-refractivity contribution in [2.24, 2.45) is 0 Å². The van der Waals surface area contributed by atoms with Crippen LogP contribution in [0.2, 0.25) is 0 Å². The normalized spacial score (nSPS) is 15.0. The minimum atomic E-state index is -0.0156. The quantitative estimate of drug-likeness (QED) is 0.839. The first-order chi connectivity index (χ1) is 11.5. The second-order valence-electron chi connectivity index (χ2n) is 6.72. The SMILES string of the molecule is CNC(=S)N(Cc1cc2ccc(C)c(C)c2[nH]c1=O)C1CCCC1. The maximum absolute atomic E-state index is 12.6. The molecule has 2 N–H and O–H groups in total. The van der Waals surface area contributed by atoms with Crippen LogP contribution in [0.15, 0.2) is 23.0 Å². The van der Waals surface area contributed by atoms with Gasteiger partial charge in [0.25, 0.3) is 5.56 Å². The van der Waals surface area contributed by atoms with Crippen LogP contribution >= 0.6 is 12.2 Å². The van der Waals surface area contributed by atoms with E-state index in [1.54, 1.807) is 0 Å². The maximum Gasteiger partial charge on any atom is 0.253 e. The van der Waals surface area contributed by atoms with E-state index in [1.165, 1.54) is 18.4 Å². The first-order valence-electron chi connectivity index (χ1n) is 8.61. The molecule has 128 valence electrons. The van der Waals surface area contributed by atoms with Crippen LogP contribution in [0, 0.1) is 13.8 Å². The van der Waals surface area contributed by atoms with Crippen LogP contribution in [0.5, 0.6) is 0 Å². The van der Waals surface area contributed by atoms with E-state index in [0.29, 0.717) is 12.6 Å². The van der Waals surface area contributed by atoms with Gasteiger partial charge >= 0.3 is 0 Å². The van der Waals surface area contributed by atoms with E-state index >= 15 is 0 Å². The highest BCUT2D eigenvalue weighted by molar-refractivity contribution is 7.80. The summed E-state index contributed by atoms with van der Waals surface area (Å²) in [5.74, 6) is 0. The molecule has 0 amide bonds. The highest BCUT2D eigenvalue weighted by atomic mass is 32.1. The molecule has 0 radical (unpaired) electrons. The molecule has 1 saturated carbocycles. The number of rotatable bonds is 3. The van der Waals surface area contributed by atoms with Crippen molar-refractivity contribution in [1.82, 2.24) is 15.2 Å². The van der Waals surface area contributed by atoms with Gasteiger partial charge in [0.15, 0.2) is 5.11 Å². The van der Waals surface area contributed by atoms with E-state index in [9.17, 15) is 4.79 Å². The Morgan fingerprint density at radius 3 is 2.71 bits per heavy atom. The number of H-pyrrole nitrogens is 1. The number of thiocarbonyl (C=S) groups is 1. The van der Waals surface area contributed by atoms with Gasteiger partial charge in [0.05, 0.1) is 12.1 Å². The van der Waals surface area contributed by atoms with Crippen LogP contribution < -0.4 is 10.9 Å². The molecule has 1 aromatic heterocycles. The molecule has 0 saturated heterocycles. The van der Waals surface area contributed by atoms with Crippen molar-refractivity contribution in [2.45, 2.75) is 52.1 Å². The molecule has 0 bridgehead atoms. The van der Waals surface area contributed by atoms with Gasteiger partial charge in [0.1, 0.15) is 0 Å². The smallest absolute Gasteiger partial charge is 0.253 e. The lowest BCUT2D eigenvalue weighted by atomic mass is 10.0. The summed E-state index contributed by atoms with van der Waals surface area (Å²) >= 11 is 5.49. The standard InChI is InChI=1S/C19H25N3OS/c1-12-8-9-14-10-15(18(23)21-17(14)13(12)2)11-22(19(24)20-3)16-6-4-5-7-16/h8-10,16H,4-7,11H2,1-3H3,(H,20,24)(H,21,23). The molecule has 1 heterocycles. The molecule has 24 heavy (non-hydrogen) atoms. The molecule has 1 fully saturated rings. The minimum Gasteiger partial charge on any atom is -0.366 e. The number of nitrogens with one attached hydrogen (secondary N) is 2. The monoisotopic (exact) mass is 343 g/mol. The Bertz CT molecular complexity index is 821. The van der Waals surface area contributed by atoms with Crippen LogP contribution in [-0.2, 0) is 6.54 Å². The number of aromatic nitrogens is 1. The molecule has 0 aliphatic heterocycles. The van der Waals surface area contributed by atoms with Crippen LogP contribution in [0.1, 0.15) is 42.4 Å². The second-order valence-corrected chi connectivity index (χ2v) is 7.10. The summed E-state index contributed by atoms with van der Waals surface area (Å²) < 4.78 is 0. The van der Waals surface area contributed by atoms with Gasteiger partial charge in [0.2, 0.25) is 0 Å². The van der Waals surface area contributed by atoms with Crippen molar-refractivity contribution in [3.63, 3.8) is 0 Å². The van der Waals surface area contributed by atoms with Crippen LogP contribution in [0.4, 0.5) is 0 Å². The molecular formula is C19H25N3OS. The fourth-order valence-corrected chi connectivity index (χ4v) is 3.81. The summed E-state index contributed by atoms with van der Waals surface area (Å²) in [5, 5.41) is 4.88. The van der Waals surface area contributed by atoms with Crippen molar-refractivity contribution in [3.05, 3.63) is 45.2 Å². The summed E-state index contributed by atoms with van der Waals surface area (Å²) in [4.78, 5) is 17.9. The summed E-state index contributed by atoms with van der Waals surface area (Å²) in [6.07, 6.45) is 4.76. The topological polar surface area (TPSA) is 48.1 Å². The highest BCUT2D eigenvalue weighted by Crippen LogP contribution is 2.25. The molecule has 1 aliphatic rings. The second kappa shape index (κ2) is 6.93. The molecule has 1 aromatic carbocycles. The summed E-state index contributed by atoms with van der Waals surface area (Å²) in [5.41, 5.74) is 4.02. The van der Waals surface area contributed by atoms with Gasteiger partial charge in [-0.05, 0) is 61.5 Å². The predicted molar refractivity (Wildman–Crippen MR) is 103 cm³/mol. The summed E-state index contributed by atoms with van der Waals surface area (Å²) in [7, 11) is 1.85. The fraction of sp³-hybridized carbons (Fsp3) is 0.474. The Morgan fingerprint density at radius 2 is 2.04 bits per heavy atom. The maximum atomic E-state index is 12.6. The number of fused-ring (bicyclic) bond motifs is 1. The van der Waals surface area contributed by atoms with E-state index in [2.05, 4.69) is 34.3 Å². The third-order valence-electron chi connectivity index (χ3n) is 5.21. The van der Waals surface area contributed by atoms with Gasteiger partial charge in [-0.2, -0.15) is 0 Å². The molecular weight excluding hydrogens is 318 g/mol. The number of hydrogen-bond donors (Lipinski definition) is 2. The first kappa shape index (κ1) is 17.0. The van der Waals surface area contributed by atoms with Gasteiger partial charge in [-0.15, -0.1) is 0 Å². The number of benzene rings is 1. The lowest BCUT2D eigenvalue weighted by Crippen LogP contribution is -2.44. The van der Waals surface area contributed by atoms with Gasteiger partial charge in [0, 0.05) is 18.7 Å². The lowest BCUT2D eigenvalue weighted by molar-refractivity contribution is 0.304. The van der Waals surface area contributed by atoms with Crippen molar-refractivity contribution >= 4 is 28.2 Å². The third kappa shape index (κ3) is 3.18. The van der Waals surface area contributed by atoms with Crippen LogP contribution in [0.25, 0.3) is 10.9 Å². The van der Waals surface area contributed by atoms with Gasteiger partial charge in [-0.1, -0.05) is 25.0 Å². The van der Waals surface area contributed by atoms with Crippen molar-refractivity contribution in [3.8, 4) is 0 Å². The Morgan fingerprint density at radius 1 is 1.33 bits per heavy atom. The van der Waals surface area contributed by atoms with Gasteiger partial charge in [-0.25, -0.2) is 0 Å². The molecule has 2 aromatic rings. The molecule has 0 atom stereocenters. The third-order valence-corrected chi connectivity index (χ3v) is 5.65. The molecule has 0 spiro atoms. The zero-order valence-corrected chi connectivity index (χ0v) is 15.4. The number of pyridine rings is 1. The zero-order valence-electron chi connectivity index (χ0n) is 14.6. The predicted octanol–water partition coefficient (Wildman–Crippen LogP) is 3.39. The average molecular weight is 343 g/mol. The minimum absolute atomic E-state index is 0.0156. The van der Waals surface area contributed by atoms with E-state index in [4.69, 9.17) is 12.2 Å².